The van der Waals surface area contributed by atoms with Gasteiger partial charge in [0.25, 0.3) is 0 Å². The normalized spacial score (nSPS) is 14.7. The van der Waals surface area contributed by atoms with Crippen LogP contribution in [0.1, 0.15) is 18.6 Å². The Labute approximate surface area is 87.1 Å². The van der Waals surface area contributed by atoms with Gasteiger partial charge in [-0.15, -0.1) is 0 Å². The summed E-state index contributed by atoms with van der Waals surface area (Å²) in [5.74, 6) is -1.16. The molecule has 4 nitrogen and oxygen atoms in total. The van der Waals surface area contributed by atoms with Crippen LogP contribution in [0.25, 0.3) is 0 Å². The van der Waals surface area contributed by atoms with Crippen molar-refractivity contribution >= 4 is 0 Å². The van der Waals surface area contributed by atoms with Gasteiger partial charge in [0.05, 0.1) is 12.7 Å². The first-order chi connectivity index (χ1) is 6.99. The van der Waals surface area contributed by atoms with E-state index in [-0.39, 0.29) is 17.1 Å². The van der Waals surface area contributed by atoms with Gasteiger partial charge in [-0.2, -0.15) is 0 Å². The summed E-state index contributed by atoms with van der Waals surface area (Å²) in [6, 6.07) is 1.85. The maximum atomic E-state index is 13.6. The monoisotopic (exact) mass is 215 g/mol. The Hall–Kier alpha value is -1.33. The maximum absolute atomic E-state index is 13.6. The highest BCUT2D eigenvalue weighted by Gasteiger charge is 2.23. The molecule has 84 valence electrons. The van der Waals surface area contributed by atoms with Crippen molar-refractivity contribution in [1.29, 1.82) is 0 Å². The van der Waals surface area contributed by atoms with Crippen LogP contribution in [0.15, 0.2) is 12.1 Å². The first-order valence-corrected chi connectivity index (χ1v) is 4.48. The van der Waals surface area contributed by atoms with Crippen LogP contribution in [-0.2, 0) is 0 Å². The lowest BCUT2D eigenvalue weighted by atomic mass is 10.0. The van der Waals surface area contributed by atoms with Crippen LogP contribution >= 0.6 is 0 Å². The van der Waals surface area contributed by atoms with E-state index in [0.717, 1.165) is 0 Å². The molecule has 0 heterocycles. The Morgan fingerprint density at radius 3 is 2.53 bits per heavy atom. The Morgan fingerprint density at radius 2 is 2.07 bits per heavy atom. The summed E-state index contributed by atoms with van der Waals surface area (Å²) < 4.78 is 18.4. The van der Waals surface area contributed by atoms with E-state index in [0.29, 0.717) is 0 Å². The first-order valence-electron chi connectivity index (χ1n) is 4.48. The highest BCUT2D eigenvalue weighted by Crippen LogP contribution is 2.33. The van der Waals surface area contributed by atoms with E-state index in [1.807, 2.05) is 0 Å². The van der Waals surface area contributed by atoms with Gasteiger partial charge >= 0.3 is 0 Å². The molecule has 0 aromatic heterocycles. The van der Waals surface area contributed by atoms with E-state index in [1.54, 1.807) is 0 Å². The van der Waals surface area contributed by atoms with Gasteiger partial charge in [0.15, 0.2) is 11.6 Å². The highest BCUT2D eigenvalue weighted by molar-refractivity contribution is 5.42. The minimum atomic E-state index is -1.26. The maximum Gasteiger partial charge on any atom is 0.174 e. The average molecular weight is 215 g/mol. The fourth-order valence-electron chi connectivity index (χ4n) is 1.26. The summed E-state index contributed by atoms with van der Waals surface area (Å²) >= 11 is 0. The Balaban J connectivity index is 3.26. The molecular formula is C10H14FNO3. The lowest BCUT2D eigenvalue weighted by molar-refractivity contribution is 0.144. The Kier molecular flexibility index (Phi) is 3.49. The van der Waals surface area contributed by atoms with Crippen molar-refractivity contribution in [3.63, 3.8) is 0 Å². The molecular weight excluding hydrogens is 201 g/mol. The summed E-state index contributed by atoms with van der Waals surface area (Å²) in [6.45, 7) is 1.52. The van der Waals surface area contributed by atoms with Crippen molar-refractivity contribution in [2.75, 3.05) is 7.11 Å². The van der Waals surface area contributed by atoms with E-state index in [4.69, 9.17) is 10.5 Å². The standard InChI is InChI=1S/C10H14FNO3/c1-5(12)10(14)8-6(13)3-4-7(15-2)9(8)11/h3-5,10,13-14H,12H2,1-2H3. The van der Waals surface area contributed by atoms with E-state index in [9.17, 15) is 14.6 Å². The molecule has 4 N–H and O–H groups in total. The van der Waals surface area contributed by atoms with Gasteiger partial charge in [-0.05, 0) is 19.1 Å². The summed E-state index contributed by atoms with van der Waals surface area (Å²) in [5.41, 5.74) is 5.20. The van der Waals surface area contributed by atoms with Crippen LogP contribution in [0.3, 0.4) is 0 Å². The summed E-state index contributed by atoms with van der Waals surface area (Å²) in [5, 5.41) is 19.0. The van der Waals surface area contributed by atoms with Gasteiger partial charge in [-0.3, -0.25) is 0 Å². The summed E-state index contributed by atoms with van der Waals surface area (Å²) in [7, 11) is 1.30. The molecule has 2 unspecified atom stereocenters. The van der Waals surface area contributed by atoms with Crippen LogP contribution in [0.2, 0.25) is 0 Å². The molecule has 0 bridgehead atoms. The highest BCUT2D eigenvalue weighted by atomic mass is 19.1. The zero-order chi connectivity index (χ0) is 11.6. The predicted octanol–water partition coefficient (Wildman–Crippen LogP) is 0.920. The van der Waals surface area contributed by atoms with E-state index < -0.39 is 18.0 Å². The third-order valence-electron chi connectivity index (χ3n) is 2.14. The van der Waals surface area contributed by atoms with Gasteiger partial charge in [0, 0.05) is 6.04 Å². The molecule has 0 saturated carbocycles. The molecule has 1 aromatic rings. The second kappa shape index (κ2) is 4.46. The average Bonchev–Trinajstić information content (AvgIpc) is 2.17. The Bertz CT molecular complexity index is 355. The van der Waals surface area contributed by atoms with Crippen LogP contribution in [0.5, 0.6) is 11.5 Å². The van der Waals surface area contributed by atoms with Crippen molar-refractivity contribution in [3.05, 3.63) is 23.5 Å². The van der Waals surface area contributed by atoms with Crippen molar-refractivity contribution in [3.8, 4) is 11.5 Å². The number of nitrogens with two attached hydrogens (primary N) is 1. The fraction of sp³-hybridized carbons (Fsp3) is 0.400. The molecule has 0 spiro atoms. The number of methoxy groups -OCH3 is 1. The van der Waals surface area contributed by atoms with Crippen LogP contribution < -0.4 is 10.5 Å². The van der Waals surface area contributed by atoms with Crippen molar-refractivity contribution in [2.24, 2.45) is 5.73 Å². The number of hydrogen-bond acceptors (Lipinski definition) is 4. The molecule has 2 atom stereocenters. The number of hydrogen-bond donors (Lipinski definition) is 3. The summed E-state index contributed by atoms with van der Waals surface area (Å²) in [4.78, 5) is 0. The van der Waals surface area contributed by atoms with Gasteiger partial charge in [-0.1, -0.05) is 0 Å². The second-order valence-electron chi connectivity index (χ2n) is 3.32. The van der Waals surface area contributed by atoms with E-state index in [1.165, 1.54) is 26.2 Å². The smallest absolute Gasteiger partial charge is 0.174 e. The number of aliphatic hydroxyl groups is 1. The molecule has 0 amide bonds. The first kappa shape index (κ1) is 11.7. The summed E-state index contributed by atoms with van der Waals surface area (Å²) in [6.07, 6.45) is -1.26. The van der Waals surface area contributed by atoms with E-state index >= 15 is 0 Å². The van der Waals surface area contributed by atoms with Gasteiger partial charge in [-0.25, -0.2) is 4.39 Å². The molecule has 0 aliphatic heterocycles. The number of phenolic OH excluding ortho intramolecular Hbond substituents is 1. The lowest BCUT2D eigenvalue weighted by Gasteiger charge is -2.18. The molecule has 0 radical (unpaired) electrons. The van der Waals surface area contributed by atoms with Gasteiger partial charge in [0.2, 0.25) is 0 Å². The predicted molar refractivity (Wildman–Crippen MR) is 53.2 cm³/mol. The topological polar surface area (TPSA) is 75.7 Å². The number of ether oxygens (including phenoxy) is 1. The van der Waals surface area contributed by atoms with Crippen LogP contribution in [-0.4, -0.2) is 23.4 Å². The SMILES string of the molecule is COc1ccc(O)c(C(O)C(C)N)c1F. The van der Waals surface area contributed by atoms with Crippen molar-refractivity contribution < 1.29 is 19.3 Å². The van der Waals surface area contributed by atoms with Crippen LogP contribution in [0, 0.1) is 5.82 Å². The third kappa shape index (κ3) is 2.19. The molecule has 1 aromatic carbocycles. The minimum Gasteiger partial charge on any atom is -0.507 e. The number of phenols is 1. The number of aliphatic hydroxyl groups excluding tert-OH is 1. The zero-order valence-corrected chi connectivity index (χ0v) is 8.57. The minimum absolute atomic E-state index is 0.0394. The van der Waals surface area contributed by atoms with Crippen molar-refractivity contribution in [2.45, 2.75) is 19.1 Å². The third-order valence-corrected chi connectivity index (χ3v) is 2.14. The Morgan fingerprint density at radius 1 is 1.47 bits per heavy atom. The zero-order valence-electron chi connectivity index (χ0n) is 8.57. The molecule has 0 aliphatic carbocycles. The van der Waals surface area contributed by atoms with Crippen molar-refractivity contribution in [1.82, 2.24) is 0 Å². The van der Waals surface area contributed by atoms with E-state index in [2.05, 4.69) is 0 Å². The fourth-order valence-corrected chi connectivity index (χ4v) is 1.26. The molecule has 5 heteroatoms. The van der Waals surface area contributed by atoms with Gasteiger partial charge in [0.1, 0.15) is 11.9 Å². The number of halogens is 1. The number of aromatic hydroxyl groups is 1. The quantitative estimate of drug-likeness (QED) is 0.700. The molecule has 15 heavy (non-hydrogen) atoms. The molecule has 1 rings (SSSR count). The number of rotatable bonds is 3. The number of benzene rings is 1. The second-order valence-corrected chi connectivity index (χ2v) is 3.32. The largest absolute Gasteiger partial charge is 0.507 e. The van der Waals surface area contributed by atoms with Gasteiger partial charge < -0.3 is 20.7 Å². The lowest BCUT2D eigenvalue weighted by Crippen LogP contribution is -2.25. The molecule has 0 aliphatic rings. The molecule has 0 fully saturated rings. The molecule has 0 saturated heterocycles. The van der Waals surface area contributed by atoms with Crippen LogP contribution in [0.4, 0.5) is 4.39 Å².